The number of hydrogen-bond donors (Lipinski definition) is 1. The molecular formula is C21H18N2O2S. The van der Waals surface area contributed by atoms with Crippen molar-refractivity contribution in [1.82, 2.24) is 0 Å². The fourth-order valence-corrected chi connectivity index (χ4v) is 3.76. The highest BCUT2D eigenvalue weighted by atomic mass is 32.2. The number of rotatable bonds is 5. The van der Waals surface area contributed by atoms with E-state index in [-0.39, 0.29) is 4.90 Å². The van der Waals surface area contributed by atoms with Gasteiger partial charge in [-0.2, -0.15) is 5.26 Å². The Kier molecular flexibility index (Phi) is 5.06. The van der Waals surface area contributed by atoms with Crippen LogP contribution in [0.25, 0.3) is 11.1 Å². The van der Waals surface area contributed by atoms with E-state index in [2.05, 4.69) is 17.7 Å². The molecule has 5 heteroatoms. The number of sulfonamides is 1. The molecule has 0 aliphatic heterocycles. The summed E-state index contributed by atoms with van der Waals surface area (Å²) in [5.74, 6) is 0. The van der Waals surface area contributed by atoms with Crippen LogP contribution < -0.4 is 4.72 Å². The third-order valence-corrected chi connectivity index (χ3v) is 5.50. The number of benzene rings is 3. The van der Waals surface area contributed by atoms with Crippen molar-refractivity contribution in [2.75, 3.05) is 4.72 Å². The molecule has 0 spiro atoms. The summed E-state index contributed by atoms with van der Waals surface area (Å²) >= 11 is 0. The summed E-state index contributed by atoms with van der Waals surface area (Å²) in [5.41, 5.74) is 3.61. The van der Waals surface area contributed by atoms with Crippen molar-refractivity contribution < 1.29 is 8.42 Å². The van der Waals surface area contributed by atoms with Crippen LogP contribution in [0.3, 0.4) is 0 Å². The second-order valence-electron chi connectivity index (χ2n) is 5.84. The maximum absolute atomic E-state index is 12.6. The van der Waals surface area contributed by atoms with E-state index in [0.717, 1.165) is 12.0 Å². The van der Waals surface area contributed by atoms with Crippen molar-refractivity contribution >= 4 is 15.7 Å². The van der Waals surface area contributed by atoms with E-state index in [4.69, 9.17) is 0 Å². The zero-order valence-electron chi connectivity index (χ0n) is 14.3. The van der Waals surface area contributed by atoms with E-state index < -0.39 is 10.0 Å². The Morgan fingerprint density at radius 3 is 2.27 bits per heavy atom. The number of hydrogen-bond acceptors (Lipinski definition) is 3. The topological polar surface area (TPSA) is 70.0 Å². The molecule has 0 aliphatic carbocycles. The molecule has 0 saturated heterocycles. The molecule has 0 atom stereocenters. The first-order chi connectivity index (χ1) is 12.5. The minimum Gasteiger partial charge on any atom is -0.280 e. The summed E-state index contributed by atoms with van der Waals surface area (Å²) in [6.07, 6.45) is 0.938. The van der Waals surface area contributed by atoms with Crippen molar-refractivity contribution in [3.63, 3.8) is 0 Å². The summed E-state index contributed by atoms with van der Waals surface area (Å²) in [6.45, 7) is 2.08. The highest BCUT2D eigenvalue weighted by Gasteiger charge is 2.17. The van der Waals surface area contributed by atoms with Gasteiger partial charge in [-0.3, -0.25) is 4.72 Å². The summed E-state index contributed by atoms with van der Waals surface area (Å²) < 4.78 is 27.7. The molecule has 0 aliphatic rings. The number of nitrogens with one attached hydrogen (secondary N) is 1. The van der Waals surface area contributed by atoms with Gasteiger partial charge in [0.05, 0.1) is 16.5 Å². The largest absolute Gasteiger partial charge is 0.280 e. The van der Waals surface area contributed by atoms with Gasteiger partial charge in [-0.05, 0) is 47.4 Å². The molecule has 0 amide bonds. The Labute approximate surface area is 153 Å². The van der Waals surface area contributed by atoms with Gasteiger partial charge in [0.25, 0.3) is 10.0 Å². The summed E-state index contributed by atoms with van der Waals surface area (Å²) in [6, 6.07) is 23.3. The van der Waals surface area contributed by atoms with E-state index in [1.54, 1.807) is 30.3 Å². The molecule has 1 N–H and O–H groups in total. The van der Waals surface area contributed by atoms with Crippen LogP contribution >= 0.6 is 0 Å². The van der Waals surface area contributed by atoms with Crippen molar-refractivity contribution in [2.24, 2.45) is 0 Å². The average molecular weight is 362 g/mol. The Morgan fingerprint density at radius 1 is 0.962 bits per heavy atom. The molecule has 0 heterocycles. The van der Waals surface area contributed by atoms with Gasteiger partial charge in [0.1, 0.15) is 0 Å². The summed E-state index contributed by atoms with van der Waals surface area (Å²) in [4.78, 5) is 0.0619. The lowest BCUT2D eigenvalue weighted by molar-refractivity contribution is 0.601. The molecule has 0 saturated carbocycles. The van der Waals surface area contributed by atoms with Crippen molar-refractivity contribution in [3.8, 4) is 17.2 Å². The van der Waals surface area contributed by atoms with Gasteiger partial charge >= 0.3 is 0 Å². The highest BCUT2D eigenvalue weighted by molar-refractivity contribution is 7.92. The van der Waals surface area contributed by atoms with Crippen molar-refractivity contribution in [2.45, 2.75) is 18.2 Å². The molecule has 4 nitrogen and oxygen atoms in total. The van der Waals surface area contributed by atoms with Gasteiger partial charge in [0, 0.05) is 5.69 Å². The van der Waals surface area contributed by atoms with Gasteiger partial charge in [-0.1, -0.05) is 55.5 Å². The summed E-state index contributed by atoms with van der Waals surface area (Å²) in [5, 5.41) is 9.50. The Morgan fingerprint density at radius 2 is 1.65 bits per heavy atom. The monoisotopic (exact) mass is 362 g/mol. The lowest BCUT2D eigenvalue weighted by Crippen LogP contribution is -2.13. The lowest BCUT2D eigenvalue weighted by atomic mass is 9.99. The first-order valence-electron chi connectivity index (χ1n) is 8.25. The minimum atomic E-state index is -3.76. The van der Waals surface area contributed by atoms with Crippen LogP contribution in [-0.4, -0.2) is 8.42 Å². The molecule has 3 aromatic carbocycles. The normalized spacial score (nSPS) is 10.9. The third kappa shape index (κ3) is 3.76. The second-order valence-corrected chi connectivity index (χ2v) is 7.52. The molecule has 0 aromatic heterocycles. The Balaban J connectivity index is 1.97. The zero-order chi connectivity index (χ0) is 18.6. The van der Waals surface area contributed by atoms with Crippen molar-refractivity contribution in [1.29, 1.82) is 5.26 Å². The molecule has 0 fully saturated rings. The minimum absolute atomic E-state index is 0.0619. The van der Waals surface area contributed by atoms with Crippen molar-refractivity contribution in [3.05, 3.63) is 83.9 Å². The Bertz CT molecular complexity index is 1050. The average Bonchev–Trinajstić information content (AvgIpc) is 2.68. The predicted octanol–water partition coefficient (Wildman–Crippen LogP) is 4.59. The fraction of sp³-hybridized carbons (Fsp3) is 0.0952. The number of anilines is 1. The predicted molar refractivity (Wildman–Crippen MR) is 103 cm³/mol. The number of aryl methyl sites for hydroxylation is 1. The number of nitriles is 1. The van der Waals surface area contributed by atoms with Gasteiger partial charge in [-0.25, -0.2) is 8.42 Å². The SMILES string of the molecule is CCc1ccc(-c2ccc(S(=O)(=O)Nc3ccccc3)cc2C#N)cc1. The molecule has 26 heavy (non-hydrogen) atoms. The number of nitrogens with zero attached hydrogens (tertiary/aromatic N) is 1. The zero-order valence-corrected chi connectivity index (χ0v) is 15.1. The Hall–Kier alpha value is -3.10. The van der Waals surface area contributed by atoms with E-state index >= 15 is 0 Å². The quantitative estimate of drug-likeness (QED) is 0.722. The van der Waals surface area contributed by atoms with Gasteiger partial charge in [0.15, 0.2) is 0 Å². The molecule has 130 valence electrons. The van der Waals surface area contributed by atoms with Crippen LogP contribution in [0.2, 0.25) is 0 Å². The van der Waals surface area contributed by atoms with E-state index in [1.165, 1.54) is 17.7 Å². The first kappa shape index (κ1) is 17.7. The molecular weight excluding hydrogens is 344 g/mol. The van der Waals surface area contributed by atoms with Crippen LogP contribution in [-0.2, 0) is 16.4 Å². The lowest BCUT2D eigenvalue weighted by Gasteiger charge is -2.11. The van der Waals surface area contributed by atoms with Gasteiger partial charge < -0.3 is 0 Å². The summed E-state index contributed by atoms with van der Waals surface area (Å²) in [7, 11) is -3.76. The van der Waals surface area contributed by atoms with Crippen LogP contribution in [0, 0.1) is 11.3 Å². The maximum atomic E-state index is 12.6. The van der Waals surface area contributed by atoms with Gasteiger partial charge in [0.2, 0.25) is 0 Å². The van der Waals surface area contributed by atoms with Crippen LogP contribution in [0.4, 0.5) is 5.69 Å². The van der Waals surface area contributed by atoms with Crippen LogP contribution in [0.5, 0.6) is 0 Å². The van der Waals surface area contributed by atoms with E-state index in [9.17, 15) is 13.7 Å². The maximum Gasteiger partial charge on any atom is 0.261 e. The molecule has 0 bridgehead atoms. The van der Waals surface area contributed by atoms with Gasteiger partial charge in [-0.15, -0.1) is 0 Å². The smallest absolute Gasteiger partial charge is 0.261 e. The standard InChI is InChI=1S/C21H18N2O2S/c1-2-16-8-10-17(11-9-16)21-13-12-20(14-18(21)15-22)26(24,25)23-19-6-4-3-5-7-19/h3-14,23H,2H2,1H3. The molecule has 0 radical (unpaired) electrons. The van der Waals surface area contributed by atoms with E-state index in [1.807, 2.05) is 30.3 Å². The highest BCUT2D eigenvalue weighted by Crippen LogP contribution is 2.27. The number of para-hydroxylation sites is 1. The fourth-order valence-electron chi connectivity index (χ4n) is 2.68. The van der Waals surface area contributed by atoms with E-state index in [0.29, 0.717) is 16.8 Å². The molecule has 3 rings (SSSR count). The third-order valence-electron chi connectivity index (χ3n) is 4.12. The molecule has 3 aromatic rings. The van der Waals surface area contributed by atoms with Crippen LogP contribution in [0.15, 0.2) is 77.7 Å². The first-order valence-corrected chi connectivity index (χ1v) is 9.73. The van der Waals surface area contributed by atoms with Crippen LogP contribution in [0.1, 0.15) is 18.1 Å². The molecule has 0 unspecified atom stereocenters. The second kappa shape index (κ2) is 7.42.